The van der Waals surface area contributed by atoms with E-state index in [1.54, 1.807) is 11.8 Å². The molecule has 112 valence electrons. The van der Waals surface area contributed by atoms with Crippen molar-refractivity contribution in [2.24, 2.45) is 0 Å². The Morgan fingerprint density at radius 1 is 0.952 bits per heavy atom. The number of aliphatic hydroxyl groups excluding tert-OH is 2. The maximum atomic E-state index is 9.85. The number of aliphatic hydroxyl groups is 2. The van der Waals surface area contributed by atoms with Gasteiger partial charge in [-0.25, -0.2) is 0 Å². The summed E-state index contributed by atoms with van der Waals surface area (Å²) in [4.78, 5) is 1.21. The molecule has 0 radical (unpaired) electrons. The quantitative estimate of drug-likeness (QED) is 0.770. The zero-order chi connectivity index (χ0) is 15.1. The zero-order valence-corrected chi connectivity index (χ0v) is 13.1. The summed E-state index contributed by atoms with van der Waals surface area (Å²) in [5.41, 5.74) is 1.60. The molecule has 2 nitrogen and oxygen atoms in total. The molecule has 0 aliphatic carbocycles. The molecule has 0 aliphatic rings. The van der Waals surface area contributed by atoms with Crippen LogP contribution in [0.5, 0.6) is 0 Å². The highest BCUT2D eigenvalue weighted by Crippen LogP contribution is 2.31. The average Bonchev–Trinajstić information content (AvgIpc) is 2.53. The number of hydrogen-bond acceptors (Lipinski definition) is 3. The lowest BCUT2D eigenvalue weighted by molar-refractivity contribution is 0.114. The van der Waals surface area contributed by atoms with E-state index in [0.717, 1.165) is 23.3 Å². The van der Waals surface area contributed by atoms with Crippen LogP contribution in [0.25, 0.3) is 0 Å². The molecule has 0 amide bonds. The molecule has 21 heavy (non-hydrogen) atoms. The molecule has 0 saturated heterocycles. The monoisotopic (exact) mass is 302 g/mol. The number of hydrogen-bond donors (Lipinski definition) is 2. The Morgan fingerprint density at radius 2 is 1.67 bits per heavy atom. The molecule has 2 N–H and O–H groups in total. The van der Waals surface area contributed by atoms with Crippen molar-refractivity contribution in [3.05, 3.63) is 65.7 Å². The largest absolute Gasteiger partial charge is 0.395 e. The van der Waals surface area contributed by atoms with E-state index in [1.165, 1.54) is 4.90 Å². The highest BCUT2D eigenvalue weighted by molar-refractivity contribution is 7.99. The van der Waals surface area contributed by atoms with Crippen molar-refractivity contribution < 1.29 is 10.2 Å². The fourth-order valence-corrected chi connectivity index (χ4v) is 3.47. The van der Waals surface area contributed by atoms with E-state index in [9.17, 15) is 10.2 Å². The molecule has 3 heteroatoms. The van der Waals surface area contributed by atoms with Gasteiger partial charge in [0, 0.05) is 10.3 Å². The third-order valence-electron chi connectivity index (χ3n) is 3.83. The van der Waals surface area contributed by atoms with E-state index < -0.39 is 5.41 Å². The van der Waals surface area contributed by atoms with Crippen molar-refractivity contribution in [2.75, 3.05) is 19.0 Å². The molecule has 0 atom stereocenters. The fraction of sp³-hybridized carbons (Fsp3) is 0.333. The minimum atomic E-state index is -0.562. The molecule has 0 aliphatic heterocycles. The zero-order valence-electron chi connectivity index (χ0n) is 12.3. The molecule has 2 aromatic carbocycles. The van der Waals surface area contributed by atoms with Gasteiger partial charge < -0.3 is 10.2 Å². The predicted octanol–water partition coefficient (Wildman–Crippen LogP) is 3.40. The Balaban J connectivity index is 2.08. The van der Waals surface area contributed by atoms with Crippen molar-refractivity contribution in [1.29, 1.82) is 0 Å². The Hall–Kier alpha value is -1.29. The van der Waals surface area contributed by atoms with Crippen LogP contribution < -0.4 is 0 Å². The van der Waals surface area contributed by atoms with Crippen LogP contribution in [0.3, 0.4) is 0 Å². The molecule has 0 heterocycles. The van der Waals surface area contributed by atoms with Gasteiger partial charge in [-0.1, -0.05) is 48.0 Å². The normalized spacial score (nSPS) is 11.6. The Labute approximate surface area is 130 Å². The molecule has 0 unspecified atom stereocenters. The van der Waals surface area contributed by atoms with Crippen molar-refractivity contribution in [3.8, 4) is 0 Å². The van der Waals surface area contributed by atoms with Crippen LogP contribution in [0.1, 0.15) is 17.5 Å². The topological polar surface area (TPSA) is 40.5 Å². The standard InChI is InChI=1S/C18H22O2S/c1-15-6-5-7-16(12-15)18(13-19,14-20)10-11-21-17-8-3-2-4-9-17/h2-9,12,19-20H,10-11,13-14H2,1H3. The maximum Gasteiger partial charge on any atom is 0.0550 e. The molecule has 0 fully saturated rings. The highest BCUT2D eigenvalue weighted by atomic mass is 32.2. The second kappa shape index (κ2) is 7.64. The average molecular weight is 302 g/mol. The van der Waals surface area contributed by atoms with Crippen LogP contribution in [-0.4, -0.2) is 29.2 Å². The van der Waals surface area contributed by atoms with Crippen molar-refractivity contribution in [2.45, 2.75) is 23.7 Å². The Kier molecular flexibility index (Phi) is 5.85. The predicted molar refractivity (Wildman–Crippen MR) is 88.8 cm³/mol. The van der Waals surface area contributed by atoms with Crippen molar-refractivity contribution in [3.63, 3.8) is 0 Å². The van der Waals surface area contributed by atoms with Gasteiger partial charge in [0.05, 0.1) is 13.2 Å². The summed E-state index contributed by atoms with van der Waals surface area (Å²) in [6, 6.07) is 18.3. The van der Waals surface area contributed by atoms with Crippen LogP contribution in [0.4, 0.5) is 0 Å². The van der Waals surface area contributed by atoms with Crippen LogP contribution >= 0.6 is 11.8 Å². The minimum absolute atomic E-state index is 0.0394. The first kappa shape index (κ1) is 16.1. The molecule has 0 bridgehead atoms. The molecule has 0 saturated carbocycles. The Bertz CT molecular complexity index is 550. The van der Waals surface area contributed by atoms with Gasteiger partial charge in [-0.2, -0.15) is 0 Å². The number of rotatable bonds is 7. The smallest absolute Gasteiger partial charge is 0.0550 e. The van der Waals surface area contributed by atoms with Gasteiger partial charge in [0.15, 0.2) is 0 Å². The summed E-state index contributed by atoms with van der Waals surface area (Å²) >= 11 is 1.75. The van der Waals surface area contributed by atoms with Gasteiger partial charge >= 0.3 is 0 Å². The molecular formula is C18H22O2S. The summed E-state index contributed by atoms with van der Waals surface area (Å²) in [7, 11) is 0. The molecule has 2 rings (SSSR count). The molecular weight excluding hydrogens is 280 g/mol. The third-order valence-corrected chi connectivity index (χ3v) is 4.84. The van der Waals surface area contributed by atoms with E-state index in [-0.39, 0.29) is 13.2 Å². The van der Waals surface area contributed by atoms with Gasteiger partial charge in [0.2, 0.25) is 0 Å². The van der Waals surface area contributed by atoms with Gasteiger partial charge in [-0.15, -0.1) is 11.8 Å². The summed E-state index contributed by atoms with van der Waals surface area (Å²) < 4.78 is 0. The van der Waals surface area contributed by atoms with Crippen LogP contribution in [0.15, 0.2) is 59.5 Å². The first-order chi connectivity index (χ1) is 10.2. The van der Waals surface area contributed by atoms with E-state index in [2.05, 4.69) is 18.2 Å². The Morgan fingerprint density at radius 3 is 2.29 bits per heavy atom. The van der Waals surface area contributed by atoms with E-state index in [0.29, 0.717) is 0 Å². The molecule has 0 aromatic heterocycles. The lowest BCUT2D eigenvalue weighted by Crippen LogP contribution is -2.35. The fourth-order valence-electron chi connectivity index (χ4n) is 2.39. The van der Waals surface area contributed by atoms with Gasteiger partial charge in [0.25, 0.3) is 0 Å². The van der Waals surface area contributed by atoms with Gasteiger partial charge in [-0.05, 0) is 36.8 Å². The van der Waals surface area contributed by atoms with Crippen molar-refractivity contribution in [1.82, 2.24) is 0 Å². The highest BCUT2D eigenvalue weighted by Gasteiger charge is 2.30. The minimum Gasteiger partial charge on any atom is -0.395 e. The van der Waals surface area contributed by atoms with Gasteiger partial charge in [-0.3, -0.25) is 0 Å². The van der Waals surface area contributed by atoms with Crippen molar-refractivity contribution >= 4 is 11.8 Å². The first-order valence-corrected chi connectivity index (χ1v) is 8.15. The lowest BCUT2D eigenvalue weighted by atomic mass is 9.79. The van der Waals surface area contributed by atoms with Crippen LogP contribution in [0, 0.1) is 6.92 Å². The van der Waals surface area contributed by atoms with Crippen LogP contribution in [-0.2, 0) is 5.41 Å². The molecule has 0 spiro atoms. The maximum absolute atomic E-state index is 9.85. The second-order valence-electron chi connectivity index (χ2n) is 5.38. The lowest BCUT2D eigenvalue weighted by Gasteiger charge is -2.30. The number of aryl methyl sites for hydroxylation is 1. The summed E-state index contributed by atoms with van der Waals surface area (Å²) in [6.45, 7) is 1.95. The third kappa shape index (κ3) is 4.10. The molecule has 2 aromatic rings. The van der Waals surface area contributed by atoms with E-state index in [1.807, 2.05) is 43.3 Å². The number of benzene rings is 2. The summed E-state index contributed by atoms with van der Waals surface area (Å²) in [5.74, 6) is 0.860. The SMILES string of the molecule is Cc1cccc(C(CO)(CO)CCSc2ccccc2)c1. The number of thioether (sulfide) groups is 1. The van der Waals surface area contributed by atoms with E-state index >= 15 is 0 Å². The second-order valence-corrected chi connectivity index (χ2v) is 6.55. The summed E-state index contributed by atoms with van der Waals surface area (Å²) in [6.07, 6.45) is 0.739. The van der Waals surface area contributed by atoms with E-state index in [4.69, 9.17) is 0 Å². The first-order valence-electron chi connectivity index (χ1n) is 7.17. The van der Waals surface area contributed by atoms with Crippen LogP contribution in [0.2, 0.25) is 0 Å². The van der Waals surface area contributed by atoms with Gasteiger partial charge in [0.1, 0.15) is 0 Å². The summed E-state index contributed by atoms with van der Waals surface area (Å²) in [5, 5.41) is 19.7.